The molecule has 0 saturated carbocycles. The monoisotopic (exact) mass is 333 g/mol. The zero-order valence-corrected chi connectivity index (χ0v) is 13.5. The van der Waals surface area contributed by atoms with Crippen LogP contribution < -0.4 is 10.6 Å². The van der Waals surface area contributed by atoms with Gasteiger partial charge in [0, 0.05) is 16.8 Å². The lowest BCUT2D eigenvalue weighted by atomic mass is 10.1. The fraction of sp³-hybridized carbons (Fsp3) is 0.188. The van der Waals surface area contributed by atoms with Crippen molar-refractivity contribution >= 4 is 34.6 Å². The average molecular weight is 334 g/mol. The highest BCUT2D eigenvalue weighted by atomic mass is 35.5. The van der Waals surface area contributed by atoms with Crippen LogP contribution in [0, 0.1) is 24.0 Å². The van der Waals surface area contributed by atoms with Gasteiger partial charge in [-0.1, -0.05) is 11.6 Å². The zero-order chi connectivity index (χ0) is 17.0. The average Bonchev–Trinajstić information content (AvgIpc) is 2.50. The maximum Gasteiger partial charge on any atom is 0.293 e. The Morgan fingerprint density at radius 3 is 2.39 bits per heavy atom. The van der Waals surface area contributed by atoms with E-state index in [1.54, 1.807) is 37.3 Å². The summed E-state index contributed by atoms with van der Waals surface area (Å²) in [6, 6.07) is 9.96. The normalized spacial score (nSPS) is 10.2. The number of carbonyl (C=O) groups is 1. The number of aryl methyl sites for hydroxylation is 2. The second-order valence-electron chi connectivity index (χ2n) is 5.12. The zero-order valence-electron chi connectivity index (χ0n) is 12.7. The first kappa shape index (κ1) is 16.8. The van der Waals surface area contributed by atoms with E-state index in [4.69, 9.17) is 11.6 Å². The first-order valence-electron chi connectivity index (χ1n) is 6.92. The fourth-order valence-electron chi connectivity index (χ4n) is 2.00. The molecule has 0 aromatic heterocycles. The van der Waals surface area contributed by atoms with Crippen molar-refractivity contribution in [2.75, 3.05) is 17.2 Å². The van der Waals surface area contributed by atoms with Crippen LogP contribution in [-0.4, -0.2) is 17.4 Å². The molecule has 0 spiro atoms. The molecule has 7 heteroatoms. The summed E-state index contributed by atoms with van der Waals surface area (Å²) in [6.45, 7) is 3.61. The maximum absolute atomic E-state index is 12.0. The second kappa shape index (κ2) is 7.11. The largest absolute Gasteiger partial charge is 0.376 e. The molecule has 23 heavy (non-hydrogen) atoms. The number of hydrogen-bond donors (Lipinski definition) is 2. The number of hydrogen-bond acceptors (Lipinski definition) is 4. The molecular formula is C16H16ClN3O3. The van der Waals surface area contributed by atoms with Crippen molar-refractivity contribution in [3.8, 4) is 0 Å². The standard InChI is InChI=1S/C16H16ClN3O3/c1-10-7-14(15(20(22)23)8-11(10)2)19-16(21)9-18-13-5-3-12(17)4-6-13/h3-8,18H,9H2,1-2H3,(H,19,21). The maximum atomic E-state index is 12.0. The number of nitrogens with one attached hydrogen (secondary N) is 2. The first-order chi connectivity index (χ1) is 10.9. The summed E-state index contributed by atoms with van der Waals surface area (Å²) in [4.78, 5) is 22.6. The lowest BCUT2D eigenvalue weighted by Crippen LogP contribution is -2.22. The molecule has 0 aliphatic rings. The lowest BCUT2D eigenvalue weighted by molar-refractivity contribution is -0.384. The third kappa shape index (κ3) is 4.43. The van der Waals surface area contributed by atoms with Crippen LogP contribution in [0.25, 0.3) is 0 Å². The summed E-state index contributed by atoms with van der Waals surface area (Å²) in [5, 5.41) is 17.2. The highest BCUT2D eigenvalue weighted by molar-refractivity contribution is 6.30. The van der Waals surface area contributed by atoms with Crippen molar-refractivity contribution in [3.05, 3.63) is 62.7 Å². The van der Waals surface area contributed by atoms with Crippen LogP contribution in [0.5, 0.6) is 0 Å². The number of nitro benzene ring substituents is 1. The minimum Gasteiger partial charge on any atom is -0.376 e. The van der Waals surface area contributed by atoms with Crippen molar-refractivity contribution in [3.63, 3.8) is 0 Å². The van der Waals surface area contributed by atoms with Gasteiger partial charge in [0.05, 0.1) is 11.5 Å². The van der Waals surface area contributed by atoms with E-state index in [-0.39, 0.29) is 23.8 Å². The van der Waals surface area contributed by atoms with E-state index in [0.29, 0.717) is 5.02 Å². The molecule has 0 fully saturated rings. The molecule has 0 atom stereocenters. The molecule has 0 saturated heterocycles. The van der Waals surface area contributed by atoms with E-state index in [2.05, 4.69) is 10.6 Å². The summed E-state index contributed by atoms with van der Waals surface area (Å²) in [7, 11) is 0. The Morgan fingerprint density at radius 2 is 1.78 bits per heavy atom. The Hall–Kier alpha value is -2.60. The minimum atomic E-state index is -0.505. The Bertz CT molecular complexity index is 745. The van der Waals surface area contributed by atoms with Crippen LogP contribution in [0.2, 0.25) is 5.02 Å². The van der Waals surface area contributed by atoms with E-state index in [9.17, 15) is 14.9 Å². The molecule has 0 unspecified atom stereocenters. The van der Waals surface area contributed by atoms with Crippen LogP contribution in [0.15, 0.2) is 36.4 Å². The summed E-state index contributed by atoms with van der Waals surface area (Å²) in [5.41, 5.74) is 2.48. The number of carbonyl (C=O) groups excluding carboxylic acids is 1. The van der Waals surface area contributed by atoms with Gasteiger partial charge >= 0.3 is 0 Å². The summed E-state index contributed by atoms with van der Waals surface area (Å²) in [5.74, 6) is -0.369. The van der Waals surface area contributed by atoms with Gasteiger partial charge in [0.1, 0.15) is 5.69 Å². The third-order valence-electron chi connectivity index (χ3n) is 3.38. The molecule has 1 amide bonds. The molecule has 0 radical (unpaired) electrons. The number of halogens is 1. The summed E-state index contributed by atoms with van der Waals surface area (Å²) in [6.07, 6.45) is 0. The third-order valence-corrected chi connectivity index (χ3v) is 3.63. The predicted octanol–water partition coefficient (Wildman–Crippen LogP) is 3.92. The van der Waals surface area contributed by atoms with Gasteiger partial charge in [-0.25, -0.2) is 0 Å². The molecule has 2 aromatic carbocycles. The molecule has 2 rings (SSSR count). The summed E-state index contributed by atoms with van der Waals surface area (Å²) >= 11 is 5.79. The highest BCUT2D eigenvalue weighted by Gasteiger charge is 2.17. The molecule has 2 N–H and O–H groups in total. The molecule has 6 nitrogen and oxygen atoms in total. The van der Waals surface area contributed by atoms with Gasteiger partial charge in [-0.05, 0) is 55.3 Å². The molecule has 0 aliphatic carbocycles. The van der Waals surface area contributed by atoms with E-state index < -0.39 is 4.92 Å². The van der Waals surface area contributed by atoms with Crippen LogP contribution in [-0.2, 0) is 4.79 Å². The number of nitro groups is 1. The number of benzene rings is 2. The smallest absolute Gasteiger partial charge is 0.293 e. The van der Waals surface area contributed by atoms with Crippen molar-refractivity contribution in [2.45, 2.75) is 13.8 Å². The molecule has 0 heterocycles. The van der Waals surface area contributed by atoms with Crippen LogP contribution >= 0.6 is 11.6 Å². The van der Waals surface area contributed by atoms with Gasteiger partial charge in [0.15, 0.2) is 0 Å². The topological polar surface area (TPSA) is 84.3 Å². The van der Waals surface area contributed by atoms with Crippen molar-refractivity contribution < 1.29 is 9.72 Å². The number of nitrogens with zero attached hydrogens (tertiary/aromatic N) is 1. The predicted molar refractivity (Wildman–Crippen MR) is 91.1 cm³/mol. The second-order valence-corrected chi connectivity index (χ2v) is 5.56. The number of amides is 1. The van der Waals surface area contributed by atoms with Gasteiger partial charge in [0.25, 0.3) is 5.69 Å². The van der Waals surface area contributed by atoms with Crippen molar-refractivity contribution in [1.82, 2.24) is 0 Å². The molecular weight excluding hydrogens is 318 g/mol. The highest BCUT2D eigenvalue weighted by Crippen LogP contribution is 2.27. The van der Waals surface area contributed by atoms with Gasteiger partial charge in [-0.2, -0.15) is 0 Å². The Balaban J connectivity index is 2.06. The Kier molecular flexibility index (Phi) is 5.18. The fourth-order valence-corrected chi connectivity index (χ4v) is 2.12. The van der Waals surface area contributed by atoms with E-state index in [0.717, 1.165) is 16.8 Å². The molecule has 0 bridgehead atoms. The minimum absolute atomic E-state index is 0.00822. The molecule has 2 aromatic rings. The first-order valence-corrected chi connectivity index (χ1v) is 7.29. The number of rotatable bonds is 5. The van der Waals surface area contributed by atoms with Crippen molar-refractivity contribution in [2.24, 2.45) is 0 Å². The number of anilines is 2. The lowest BCUT2D eigenvalue weighted by Gasteiger charge is -2.10. The molecule has 120 valence electrons. The van der Waals surface area contributed by atoms with Crippen LogP contribution in [0.4, 0.5) is 17.1 Å². The Morgan fingerprint density at radius 1 is 1.17 bits per heavy atom. The van der Waals surface area contributed by atoms with E-state index in [1.165, 1.54) is 6.07 Å². The SMILES string of the molecule is Cc1cc(NC(=O)CNc2ccc(Cl)cc2)c([N+](=O)[O-])cc1C. The van der Waals surface area contributed by atoms with Crippen LogP contribution in [0.1, 0.15) is 11.1 Å². The van der Waals surface area contributed by atoms with Gasteiger partial charge in [-0.15, -0.1) is 0 Å². The van der Waals surface area contributed by atoms with E-state index >= 15 is 0 Å². The van der Waals surface area contributed by atoms with Gasteiger partial charge in [-0.3, -0.25) is 14.9 Å². The van der Waals surface area contributed by atoms with Crippen molar-refractivity contribution in [1.29, 1.82) is 0 Å². The summed E-state index contributed by atoms with van der Waals surface area (Å²) < 4.78 is 0. The van der Waals surface area contributed by atoms with Gasteiger partial charge in [0.2, 0.25) is 5.91 Å². The van der Waals surface area contributed by atoms with Gasteiger partial charge < -0.3 is 10.6 Å². The van der Waals surface area contributed by atoms with Crippen LogP contribution in [0.3, 0.4) is 0 Å². The van der Waals surface area contributed by atoms with E-state index in [1.807, 2.05) is 6.92 Å². The quantitative estimate of drug-likeness (QED) is 0.641. The molecule has 0 aliphatic heterocycles. The Labute approximate surface area is 138 Å².